The molecule has 0 saturated carbocycles. The monoisotopic (exact) mass is 151 g/mol. The van der Waals surface area contributed by atoms with E-state index in [4.69, 9.17) is 5.73 Å². The minimum Gasteiger partial charge on any atom is -0.380 e. The Hall–Kier alpha value is -0.220. The van der Waals surface area contributed by atoms with E-state index in [-0.39, 0.29) is 26.2 Å². The first-order valence-electron chi connectivity index (χ1n) is 3.32. The first-order chi connectivity index (χ1) is 4.67. The highest BCUT2D eigenvalue weighted by atomic mass is 19.3. The first kappa shape index (κ1) is 7.88. The largest absolute Gasteiger partial charge is 0.380 e. The highest BCUT2D eigenvalue weighted by Gasteiger charge is 2.42. The molecule has 1 aliphatic rings. The van der Waals surface area contributed by atoms with Crippen LogP contribution in [-0.2, 0) is 4.74 Å². The summed E-state index contributed by atoms with van der Waals surface area (Å²) in [5.41, 5.74) is 5.01. The molecule has 0 amide bonds. The summed E-state index contributed by atoms with van der Waals surface area (Å²) in [6.45, 7) is 0.420. The standard InChI is InChI=1S/C6H11F2NO/c7-6(8,1-2-9)5-3-10-4-5/h5H,1-4,9H2. The van der Waals surface area contributed by atoms with Gasteiger partial charge in [-0.05, 0) is 6.54 Å². The number of ether oxygens (including phenoxy) is 1. The topological polar surface area (TPSA) is 35.2 Å². The Balaban J connectivity index is 2.33. The minimum absolute atomic E-state index is 0.0451. The molecule has 0 spiro atoms. The van der Waals surface area contributed by atoms with Gasteiger partial charge in [0, 0.05) is 6.42 Å². The fourth-order valence-electron chi connectivity index (χ4n) is 0.876. The lowest BCUT2D eigenvalue weighted by molar-refractivity contribution is -0.171. The number of nitrogens with two attached hydrogens (primary N) is 1. The van der Waals surface area contributed by atoms with Gasteiger partial charge in [0.1, 0.15) is 0 Å². The van der Waals surface area contributed by atoms with E-state index in [1.165, 1.54) is 0 Å². The van der Waals surface area contributed by atoms with Crippen LogP contribution in [0.3, 0.4) is 0 Å². The van der Waals surface area contributed by atoms with Gasteiger partial charge in [0.05, 0.1) is 19.1 Å². The molecule has 1 fully saturated rings. The van der Waals surface area contributed by atoms with Gasteiger partial charge in [0.15, 0.2) is 0 Å². The maximum Gasteiger partial charge on any atom is 0.256 e. The van der Waals surface area contributed by atoms with Gasteiger partial charge in [-0.15, -0.1) is 0 Å². The van der Waals surface area contributed by atoms with Crippen LogP contribution in [0, 0.1) is 5.92 Å². The van der Waals surface area contributed by atoms with Crippen LogP contribution in [0.4, 0.5) is 8.78 Å². The highest BCUT2D eigenvalue weighted by molar-refractivity contribution is 4.81. The summed E-state index contributed by atoms with van der Waals surface area (Å²) < 4.78 is 30.1. The van der Waals surface area contributed by atoms with Crippen LogP contribution in [0.1, 0.15) is 6.42 Å². The number of halogens is 2. The van der Waals surface area contributed by atoms with E-state index in [1.54, 1.807) is 0 Å². The molecule has 0 aromatic heterocycles. The molecule has 1 rings (SSSR count). The molecular formula is C6H11F2NO. The fraction of sp³-hybridized carbons (Fsp3) is 1.00. The average Bonchev–Trinajstić information content (AvgIpc) is 1.56. The van der Waals surface area contributed by atoms with Crippen molar-refractivity contribution in [2.24, 2.45) is 11.7 Å². The maximum atomic E-state index is 12.7. The molecule has 60 valence electrons. The van der Waals surface area contributed by atoms with Crippen molar-refractivity contribution < 1.29 is 13.5 Å². The van der Waals surface area contributed by atoms with E-state index in [0.717, 1.165) is 0 Å². The summed E-state index contributed by atoms with van der Waals surface area (Å²) in [7, 11) is 0. The molecular weight excluding hydrogens is 140 g/mol. The van der Waals surface area contributed by atoms with E-state index in [0.29, 0.717) is 0 Å². The quantitative estimate of drug-likeness (QED) is 0.641. The van der Waals surface area contributed by atoms with Gasteiger partial charge >= 0.3 is 0 Å². The summed E-state index contributed by atoms with van der Waals surface area (Å²) in [6.07, 6.45) is -0.221. The third-order valence-corrected chi connectivity index (χ3v) is 1.71. The SMILES string of the molecule is NCCC(F)(F)C1COC1. The number of rotatable bonds is 3. The molecule has 0 aliphatic carbocycles. The van der Waals surface area contributed by atoms with Crippen LogP contribution in [-0.4, -0.2) is 25.7 Å². The van der Waals surface area contributed by atoms with E-state index < -0.39 is 11.8 Å². The minimum atomic E-state index is -2.60. The summed E-state index contributed by atoms with van der Waals surface area (Å²) in [5, 5.41) is 0. The average molecular weight is 151 g/mol. The molecule has 2 N–H and O–H groups in total. The Kier molecular flexibility index (Phi) is 2.21. The molecule has 0 radical (unpaired) electrons. The van der Waals surface area contributed by atoms with E-state index in [1.807, 2.05) is 0 Å². The van der Waals surface area contributed by atoms with Crippen molar-refractivity contribution in [2.75, 3.05) is 19.8 Å². The Morgan fingerprint density at radius 1 is 1.50 bits per heavy atom. The zero-order chi connectivity index (χ0) is 7.61. The van der Waals surface area contributed by atoms with Crippen molar-refractivity contribution in [2.45, 2.75) is 12.3 Å². The van der Waals surface area contributed by atoms with Crippen LogP contribution in [0.15, 0.2) is 0 Å². The molecule has 1 saturated heterocycles. The van der Waals surface area contributed by atoms with Gasteiger partial charge in [-0.25, -0.2) is 8.78 Å². The van der Waals surface area contributed by atoms with Gasteiger partial charge in [0.25, 0.3) is 5.92 Å². The smallest absolute Gasteiger partial charge is 0.256 e. The Labute approximate surface area is 58.3 Å². The number of hydrogen-bond acceptors (Lipinski definition) is 2. The predicted molar refractivity (Wildman–Crippen MR) is 32.9 cm³/mol. The lowest BCUT2D eigenvalue weighted by Crippen LogP contribution is -2.43. The van der Waals surface area contributed by atoms with Gasteiger partial charge in [-0.1, -0.05) is 0 Å². The third-order valence-electron chi connectivity index (χ3n) is 1.71. The first-order valence-corrected chi connectivity index (χ1v) is 3.32. The summed E-state index contributed by atoms with van der Waals surface area (Å²) in [4.78, 5) is 0. The Morgan fingerprint density at radius 3 is 2.40 bits per heavy atom. The van der Waals surface area contributed by atoms with Crippen molar-refractivity contribution >= 4 is 0 Å². The van der Waals surface area contributed by atoms with Crippen LogP contribution < -0.4 is 5.73 Å². The van der Waals surface area contributed by atoms with Crippen molar-refractivity contribution in [3.63, 3.8) is 0 Å². The van der Waals surface area contributed by atoms with Crippen molar-refractivity contribution in [3.8, 4) is 0 Å². The molecule has 1 aliphatic heterocycles. The van der Waals surface area contributed by atoms with Crippen molar-refractivity contribution in [1.29, 1.82) is 0 Å². The summed E-state index contributed by atoms with van der Waals surface area (Å²) in [6, 6.07) is 0. The Bertz CT molecular complexity index is 114. The van der Waals surface area contributed by atoms with Crippen LogP contribution in [0.5, 0.6) is 0 Å². The molecule has 0 aromatic carbocycles. The summed E-state index contributed by atoms with van der Waals surface area (Å²) >= 11 is 0. The maximum absolute atomic E-state index is 12.7. The van der Waals surface area contributed by atoms with E-state index in [9.17, 15) is 8.78 Å². The third kappa shape index (κ3) is 1.44. The number of alkyl halides is 2. The fourth-order valence-corrected chi connectivity index (χ4v) is 0.876. The van der Waals surface area contributed by atoms with Crippen LogP contribution in [0.2, 0.25) is 0 Å². The van der Waals surface area contributed by atoms with Gasteiger partial charge in [-0.2, -0.15) is 0 Å². The molecule has 0 bridgehead atoms. The highest BCUT2D eigenvalue weighted by Crippen LogP contribution is 2.32. The molecule has 4 heteroatoms. The van der Waals surface area contributed by atoms with E-state index >= 15 is 0 Å². The lowest BCUT2D eigenvalue weighted by atomic mass is 9.97. The lowest BCUT2D eigenvalue weighted by Gasteiger charge is -2.33. The van der Waals surface area contributed by atoms with E-state index in [2.05, 4.69) is 4.74 Å². The zero-order valence-corrected chi connectivity index (χ0v) is 5.65. The van der Waals surface area contributed by atoms with Crippen molar-refractivity contribution in [1.82, 2.24) is 0 Å². The summed E-state index contributed by atoms with van der Waals surface area (Å²) in [5.74, 6) is -3.19. The molecule has 0 aromatic rings. The van der Waals surface area contributed by atoms with Gasteiger partial charge < -0.3 is 10.5 Å². The van der Waals surface area contributed by atoms with Gasteiger partial charge in [0.2, 0.25) is 0 Å². The second-order valence-electron chi connectivity index (χ2n) is 2.53. The second kappa shape index (κ2) is 2.80. The molecule has 2 nitrogen and oxygen atoms in total. The zero-order valence-electron chi connectivity index (χ0n) is 5.65. The molecule has 10 heavy (non-hydrogen) atoms. The normalized spacial score (nSPS) is 20.7. The second-order valence-corrected chi connectivity index (χ2v) is 2.53. The Morgan fingerprint density at radius 2 is 2.10 bits per heavy atom. The van der Waals surface area contributed by atoms with Crippen LogP contribution >= 0.6 is 0 Å². The number of hydrogen-bond donors (Lipinski definition) is 1. The predicted octanol–water partition coefficient (Wildman–Crippen LogP) is 0.617. The molecule has 1 heterocycles. The van der Waals surface area contributed by atoms with Gasteiger partial charge in [-0.3, -0.25) is 0 Å². The van der Waals surface area contributed by atoms with Crippen molar-refractivity contribution in [3.05, 3.63) is 0 Å². The van der Waals surface area contributed by atoms with Crippen LogP contribution in [0.25, 0.3) is 0 Å². The molecule has 0 unspecified atom stereocenters. The molecule has 0 atom stereocenters.